The summed E-state index contributed by atoms with van der Waals surface area (Å²) in [5.41, 5.74) is 0.837. The Kier molecular flexibility index (Phi) is 5.90. The van der Waals surface area contributed by atoms with Gasteiger partial charge in [-0.05, 0) is 48.7 Å². The Balaban J connectivity index is 1.43. The van der Waals surface area contributed by atoms with E-state index < -0.39 is 0 Å². The molecule has 1 aliphatic rings. The quantitative estimate of drug-likeness (QED) is 0.630. The molecule has 1 aromatic carbocycles. The molecule has 3 heterocycles. The van der Waals surface area contributed by atoms with E-state index >= 15 is 0 Å². The van der Waals surface area contributed by atoms with Gasteiger partial charge in [0.05, 0.1) is 25.1 Å². The minimum absolute atomic E-state index is 0.441. The van der Waals surface area contributed by atoms with Crippen LogP contribution in [-0.4, -0.2) is 53.8 Å². The molecule has 0 unspecified atom stereocenters. The summed E-state index contributed by atoms with van der Waals surface area (Å²) in [7, 11) is 0. The smallest absolute Gasteiger partial charge is 0.138 e. The summed E-state index contributed by atoms with van der Waals surface area (Å²) >= 11 is 5.85. The highest BCUT2D eigenvalue weighted by atomic mass is 35.5. The molecule has 1 fully saturated rings. The maximum Gasteiger partial charge on any atom is 0.138 e. The molecule has 0 bridgehead atoms. The molecule has 0 amide bonds. The third-order valence-electron chi connectivity index (χ3n) is 4.88. The summed E-state index contributed by atoms with van der Waals surface area (Å²) in [5, 5.41) is 5.84. The normalized spacial score (nSPS) is 17.6. The number of ether oxygens (including phenoxy) is 2. The molecular weight excluding hydrogens is 376 g/mol. The number of nitrogens with one attached hydrogen (secondary N) is 1. The SMILES string of the molecule is C[C@@H]1COCCN1CCOc1ccc2c(Nc3ccc(Cl)nc3)nccc2c1. The van der Waals surface area contributed by atoms with Crippen molar-refractivity contribution in [2.75, 3.05) is 38.2 Å². The van der Waals surface area contributed by atoms with E-state index in [0.717, 1.165) is 54.3 Å². The van der Waals surface area contributed by atoms with Crippen LogP contribution in [-0.2, 0) is 4.74 Å². The summed E-state index contributed by atoms with van der Waals surface area (Å²) in [4.78, 5) is 10.9. The van der Waals surface area contributed by atoms with Gasteiger partial charge in [0.1, 0.15) is 23.3 Å². The molecule has 0 radical (unpaired) electrons. The Morgan fingerprint density at radius 2 is 2.18 bits per heavy atom. The van der Waals surface area contributed by atoms with Crippen LogP contribution >= 0.6 is 11.6 Å². The van der Waals surface area contributed by atoms with Crippen molar-refractivity contribution in [1.29, 1.82) is 0 Å². The Labute approximate surface area is 169 Å². The predicted octanol–water partition coefficient (Wildman–Crippen LogP) is 4.13. The van der Waals surface area contributed by atoms with Crippen LogP contribution in [0.2, 0.25) is 5.15 Å². The first-order chi connectivity index (χ1) is 13.7. The monoisotopic (exact) mass is 398 g/mol. The van der Waals surface area contributed by atoms with Crippen LogP contribution in [0.25, 0.3) is 10.8 Å². The van der Waals surface area contributed by atoms with E-state index in [2.05, 4.69) is 27.1 Å². The fourth-order valence-corrected chi connectivity index (χ4v) is 3.42. The minimum Gasteiger partial charge on any atom is -0.492 e. The number of rotatable bonds is 6. The summed E-state index contributed by atoms with van der Waals surface area (Å²) in [6.45, 7) is 6.29. The van der Waals surface area contributed by atoms with E-state index in [1.807, 2.05) is 30.3 Å². The molecule has 1 saturated heterocycles. The number of pyridine rings is 2. The second kappa shape index (κ2) is 8.73. The first-order valence-corrected chi connectivity index (χ1v) is 9.79. The van der Waals surface area contributed by atoms with Gasteiger partial charge in [-0.15, -0.1) is 0 Å². The van der Waals surface area contributed by atoms with Gasteiger partial charge in [0.15, 0.2) is 0 Å². The maximum atomic E-state index is 5.99. The van der Waals surface area contributed by atoms with Gasteiger partial charge in [0.25, 0.3) is 0 Å². The number of anilines is 2. The summed E-state index contributed by atoms with van der Waals surface area (Å²) in [6.07, 6.45) is 3.47. The van der Waals surface area contributed by atoms with Crippen LogP contribution in [0.1, 0.15) is 6.92 Å². The van der Waals surface area contributed by atoms with E-state index in [-0.39, 0.29) is 0 Å². The second-order valence-corrected chi connectivity index (χ2v) is 7.23. The minimum atomic E-state index is 0.441. The third kappa shape index (κ3) is 4.52. The second-order valence-electron chi connectivity index (χ2n) is 6.85. The molecule has 7 heteroatoms. The zero-order valence-electron chi connectivity index (χ0n) is 15.8. The third-order valence-corrected chi connectivity index (χ3v) is 5.10. The fourth-order valence-electron chi connectivity index (χ4n) is 3.31. The molecule has 0 spiro atoms. The lowest BCUT2D eigenvalue weighted by molar-refractivity contribution is -0.00513. The standard InChI is InChI=1S/C21H23ClN4O2/c1-15-14-27-10-8-26(15)9-11-28-18-3-4-19-16(12-18)6-7-23-21(19)25-17-2-5-20(22)24-13-17/h2-7,12-13,15H,8-11,14H2,1H3,(H,23,25)/t15-/m1/s1. The average molecular weight is 399 g/mol. The molecule has 2 aromatic heterocycles. The van der Waals surface area contributed by atoms with Crippen LogP contribution in [0.5, 0.6) is 5.75 Å². The van der Waals surface area contributed by atoms with Crippen molar-refractivity contribution >= 4 is 33.9 Å². The van der Waals surface area contributed by atoms with Crippen molar-refractivity contribution < 1.29 is 9.47 Å². The van der Waals surface area contributed by atoms with E-state index in [4.69, 9.17) is 21.1 Å². The molecule has 146 valence electrons. The van der Waals surface area contributed by atoms with E-state index in [1.165, 1.54) is 0 Å². The molecule has 6 nitrogen and oxygen atoms in total. The van der Waals surface area contributed by atoms with Crippen molar-refractivity contribution in [3.63, 3.8) is 0 Å². The van der Waals surface area contributed by atoms with E-state index in [0.29, 0.717) is 17.8 Å². The Hall–Kier alpha value is -2.41. The van der Waals surface area contributed by atoms with Gasteiger partial charge < -0.3 is 14.8 Å². The summed E-state index contributed by atoms with van der Waals surface area (Å²) < 4.78 is 11.5. The number of hydrogen-bond acceptors (Lipinski definition) is 6. The molecule has 28 heavy (non-hydrogen) atoms. The molecule has 0 saturated carbocycles. The number of benzene rings is 1. The number of halogens is 1. The van der Waals surface area contributed by atoms with Gasteiger partial charge >= 0.3 is 0 Å². The van der Waals surface area contributed by atoms with Gasteiger partial charge in [-0.3, -0.25) is 4.90 Å². The Bertz CT molecular complexity index is 935. The highest BCUT2D eigenvalue weighted by Gasteiger charge is 2.18. The van der Waals surface area contributed by atoms with Crippen molar-refractivity contribution in [2.24, 2.45) is 0 Å². The molecule has 1 aliphatic heterocycles. The van der Waals surface area contributed by atoms with Crippen molar-refractivity contribution in [3.8, 4) is 5.75 Å². The van der Waals surface area contributed by atoms with E-state index in [1.54, 1.807) is 18.5 Å². The number of aromatic nitrogens is 2. The molecule has 4 rings (SSSR count). The van der Waals surface area contributed by atoms with Crippen LogP contribution < -0.4 is 10.1 Å². The molecular formula is C21H23ClN4O2. The first-order valence-electron chi connectivity index (χ1n) is 9.41. The fraction of sp³-hybridized carbons (Fsp3) is 0.333. The highest BCUT2D eigenvalue weighted by molar-refractivity contribution is 6.29. The van der Waals surface area contributed by atoms with Crippen molar-refractivity contribution in [2.45, 2.75) is 13.0 Å². The first kappa shape index (κ1) is 18.9. The van der Waals surface area contributed by atoms with Gasteiger partial charge in [0.2, 0.25) is 0 Å². The summed E-state index contributed by atoms with van der Waals surface area (Å²) in [6, 6.07) is 12.1. The lowest BCUT2D eigenvalue weighted by Crippen LogP contribution is -2.45. The van der Waals surface area contributed by atoms with Crippen molar-refractivity contribution in [1.82, 2.24) is 14.9 Å². The molecule has 1 atom stereocenters. The molecule has 3 aromatic rings. The molecule has 1 N–H and O–H groups in total. The number of hydrogen-bond donors (Lipinski definition) is 1. The van der Waals surface area contributed by atoms with Gasteiger partial charge in [-0.25, -0.2) is 9.97 Å². The van der Waals surface area contributed by atoms with Crippen LogP contribution in [0.15, 0.2) is 48.8 Å². The van der Waals surface area contributed by atoms with Gasteiger partial charge in [-0.1, -0.05) is 11.6 Å². The topological polar surface area (TPSA) is 59.5 Å². The van der Waals surface area contributed by atoms with E-state index in [9.17, 15) is 0 Å². The summed E-state index contributed by atoms with van der Waals surface area (Å²) in [5.74, 6) is 1.63. The number of nitrogens with zero attached hydrogens (tertiary/aromatic N) is 3. The van der Waals surface area contributed by atoms with Crippen molar-refractivity contribution in [3.05, 3.63) is 53.9 Å². The lowest BCUT2D eigenvalue weighted by Gasteiger charge is -2.32. The van der Waals surface area contributed by atoms with Crippen LogP contribution in [0, 0.1) is 0 Å². The van der Waals surface area contributed by atoms with Crippen LogP contribution in [0.3, 0.4) is 0 Å². The zero-order valence-corrected chi connectivity index (χ0v) is 16.5. The van der Waals surface area contributed by atoms with Gasteiger partial charge in [-0.2, -0.15) is 0 Å². The zero-order chi connectivity index (χ0) is 19.3. The predicted molar refractivity (Wildman–Crippen MR) is 112 cm³/mol. The number of fused-ring (bicyclic) bond motifs is 1. The Morgan fingerprint density at radius 3 is 3.00 bits per heavy atom. The largest absolute Gasteiger partial charge is 0.492 e. The van der Waals surface area contributed by atoms with Crippen LogP contribution in [0.4, 0.5) is 11.5 Å². The molecule has 0 aliphatic carbocycles. The lowest BCUT2D eigenvalue weighted by atomic mass is 10.1. The highest BCUT2D eigenvalue weighted by Crippen LogP contribution is 2.27. The average Bonchev–Trinajstić information content (AvgIpc) is 2.71. The number of morpholine rings is 1. The van der Waals surface area contributed by atoms with Gasteiger partial charge in [0, 0.05) is 30.7 Å². The maximum absolute atomic E-state index is 5.99. The Morgan fingerprint density at radius 1 is 1.25 bits per heavy atom.